The number of benzene rings is 2. The van der Waals surface area contributed by atoms with Gasteiger partial charge in [0.25, 0.3) is 5.91 Å². The fourth-order valence-corrected chi connectivity index (χ4v) is 2.27. The molecule has 0 bridgehead atoms. The summed E-state index contributed by atoms with van der Waals surface area (Å²) in [6.45, 7) is 0.549. The van der Waals surface area contributed by atoms with Gasteiger partial charge in [0.15, 0.2) is 0 Å². The van der Waals surface area contributed by atoms with Crippen molar-refractivity contribution >= 4 is 22.9 Å². The molecule has 3 rings (SSSR count). The van der Waals surface area contributed by atoms with Crippen LogP contribution in [0.1, 0.15) is 11.1 Å². The van der Waals surface area contributed by atoms with Crippen LogP contribution in [-0.4, -0.2) is 20.9 Å². The van der Waals surface area contributed by atoms with Gasteiger partial charge in [-0.1, -0.05) is 18.2 Å². The molecular weight excluding hydrogens is 297 g/mol. The lowest BCUT2D eigenvalue weighted by molar-refractivity contribution is -0.124. The Morgan fingerprint density at radius 3 is 2.78 bits per heavy atom. The van der Waals surface area contributed by atoms with Gasteiger partial charge in [-0.2, -0.15) is 5.10 Å². The smallest absolute Gasteiger partial charge is 0.267 e. The Bertz CT molecular complexity index is 869. The number of hydroxylamine groups is 1. The summed E-state index contributed by atoms with van der Waals surface area (Å²) in [5.74, 6) is -0.847. The van der Waals surface area contributed by atoms with Crippen molar-refractivity contribution in [2.45, 2.75) is 6.54 Å². The summed E-state index contributed by atoms with van der Waals surface area (Å²) in [7, 11) is 0. The van der Waals surface area contributed by atoms with Crippen LogP contribution in [0, 0.1) is 5.82 Å². The highest BCUT2D eigenvalue weighted by Crippen LogP contribution is 2.16. The van der Waals surface area contributed by atoms with Crippen molar-refractivity contribution in [2.24, 2.45) is 0 Å². The third-order valence-electron chi connectivity index (χ3n) is 3.37. The van der Waals surface area contributed by atoms with Crippen molar-refractivity contribution in [3.05, 3.63) is 71.7 Å². The molecule has 0 spiro atoms. The van der Waals surface area contributed by atoms with E-state index in [0.29, 0.717) is 6.54 Å². The summed E-state index contributed by atoms with van der Waals surface area (Å²) in [6, 6.07) is 11.9. The van der Waals surface area contributed by atoms with E-state index in [1.807, 2.05) is 24.4 Å². The predicted molar refractivity (Wildman–Crippen MR) is 84.2 cm³/mol. The molecule has 0 aliphatic heterocycles. The van der Waals surface area contributed by atoms with Crippen LogP contribution in [0.25, 0.3) is 17.0 Å². The number of halogens is 1. The Kier molecular flexibility index (Phi) is 4.16. The maximum Gasteiger partial charge on any atom is 0.267 e. The van der Waals surface area contributed by atoms with Gasteiger partial charge < -0.3 is 0 Å². The minimum Gasteiger partial charge on any atom is -0.288 e. The Balaban J connectivity index is 1.82. The van der Waals surface area contributed by atoms with Crippen LogP contribution >= 0.6 is 0 Å². The minimum atomic E-state index is -0.586. The molecule has 0 unspecified atom stereocenters. The lowest BCUT2D eigenvalue weighted by Crippen LogP contribution is -2.14. The fourth-order valence-electron chi connectivity index (χ4n) is 2.27. The Labute approximate surface area is 131 Å². The van der Waals surface area contributed by atoms with Crippen molar-refractivity contribution in [3.8, 4) is 0 Å². The van der Waals surface area contributed by atoms with Gasteiger partial charge in [0.2, 0.25) is 0 Å². The molecule has 2 aromatic carbocycles. The minimum absolute atomic E-state index is 0.261. The molecule has 23 heavy (non-hydrogen) atoms. The quantitative estimate of drug-likeness (QED) is 0.442. The summed E-state index contributed by atoms with van der Waals surface area (Å²) in [6.07, 6.45) is 4.73. The van der Waals surface area contributed by atoms with Gasteiger partial charge in [0, 0.05) is 17.7 Å². The molecule has 0 atom stereocenters. The molecule has 116 valence electrons. The topological polar surface area (TPSA) is 67.2 Å². The van der Waals surface area contributed by atoms with Gasteiger partial charge in [0.1, 0.15) is 5.82 Å². The normalized spacial score (nSPS) is 11.2. The molecule has 0 saturated heterocycles. The van der Waals surface area contributed by atoms with Gasteiger partial charge in [0.05, 0.1) is 12.1 Å². The van der Waals surface area contributed by atoms with Gasteiger partial charge >= 0.3 is 0 Å². The summed E-state index contributed by atoms with van der Waals surface area (Å²) >= 11 is 0. The number of aromatic nitrogens is 2. The first-order valence-corrected chi connectivity index (χ1v) is 6.98. The summed E-state index contributed by atoms with van der Waals surface area (Å²) < 4.78 is 14.7. The second-order valence-corrected chi connectivity index (χ2v) is 5.08. The van der Waals surface area contributed by atoms with E-state index in [2.05, 4.69) is 5.10 Å². The zero-order valence-electron chi connectivity index (χ0n) is 12.1. The highest BCUT2D eigenvalue weighted by atomic mass is 19.1. The van der Waals surface area contributed by atoms with E-state index < -0.39 is 5.91 Å². The van der Waals surface area contributed by atoms with E-state index >= 15 is 0 Å². The van der Waals surface area contributed by atoms with Gasteiger partial charge in [-0.05, 0) is 41.5 Å². The number of rotatable bonds is 4. The first-order valence-electron chi connectivity index (χ1n) is 6.98. The number of hydrogen-bond acceptors (Lipinski definition) is 3. The lowest BCUT2D eigenvalue weighted by atomic mass is 10.1. The van der Waals surface area contributed by atoms with Crippen LogP contribution in [-0.2, 0) is 11.3 Å². The number of nitrogens with zero attached hydrogens (tertiary/aromatic N) is 2. The predicted octanol–water partition coefficient (Wildman–Crippen LogP) is 2.74. The average molecular weight is 311 g/mol. The van der Waals surface area contributed by atoms with Gasteiger partial charge in [-0.25, -0.2) is 9.87 Å². The molecule has 1 heterocycles. The first-order chi connectivity index (χ1) is 11.1. The zero-order valence-corrected chi connectivity index (χ0v) is 12.1. The van der Waals surface area contributed by atoms with Crippen LogP contribution < -0.4 is 5.48 Å². The second-order valence-electron chi connectivity index (χ2n) is 5.08. The number of amides is 1. The molecule has 3 aromatic rings. The standard InChI is InChI=1S/C17H14FN3O2/c18-15-5-1-13(2-6-15)10-21-11-14-9-12(3-7-16(14)19-21)4-8-17(22)20-23/h1-9,11,23H,10H2,(H,20,22)/b8-4+. The highest BCUT2D eigenvalue weighted by molar-refractivity contribution is 5.91. The van der Waals surface area contributed by atoms with Crippen molar-refractivity contribution in [1.82, 2.24) is 15.3 Å². The molecular formula is C17H14FN3O2. The van der Waals surface area contributed by atoms with Crippen LogP contribution in [0.4, 0.5) is 4.39 Å². The number of nitrogens with one attached hydrogen (secondary N) is 1. The summed E-state index contributed by atoms with van der Waals surface area (Å²) in [4.78, 5) is 11.0. The van der Waals surface area contributed by atoms with E-state index in [9.17, 15) is 9.18 Å². The maximum atomic E-state index is 12.9. The van der Waals surface area contributed by atoms with Crippen molar-refractivity contribution in [1.29, 1.82) is 0 Å². The monoisotopic (exact) mass is 311 g/mol. The van der Waals surface area contributed by atoms with Crippen LogP contribution in [0.15, 0.2) is 54.7 Å². The summed E-state index contributed by atoms with van der Waals surface area (Å²) in [5.41, 5.74) is 4.15. The van der Waals surface area contributed by atoms with E-state index in [1.54, 1.807) is 22.9 Å². The lowest BCUT2D eigenvalue weighted by Gasteiger charge is -2.00. The summed E-state index contributed by atoms with van der Waals surface area (Å²) in [5, 5.41) is 13.8. The molecule has 0 fully saturated rings. The molecule has 2 N–H and O–H groups in total. The van der Waals surface area contributed by atoms with Crippen LogP contribution in [0.2, 0.25) is 0 Å². The number of carbonyl (C=O) groups is 1. The van der Waals surface area contributed by atoms with Crippen LogP contribution in [0.5, 0.6) is 0 Å². The van der Waals surface area contributed by atoms with Gasteiger partial charge in [-0.3, -0.25) is 14.7 Å². The number of hydrogen-bond donors (Lipinski definition) is 2. The van der Waals surface area contributed by atoms with Gasteiger partial charge in [-0.15, -0.1) is 0 Å². The van der Waals surface area contributed by atoms with Crippen molar-refractivity contribution in [3.63, 3.8) is 0 Å². The first kappa shape index (κ1) is 14.9. The maximum absolute atomic E-state index is 12.9. The van der Waals surface area contributed by atoms with Crippen molar-refractivity contribution in [2.75, 3.05) is 0 Å². The third-order valence-corrected chi connectivity index (χ3v) is 3.37. The number of carbonyl (C=O) groups excluding carboxylic acids is 1. The third kappa shape index (κ3) is 3.61. The van der Waals surface area contributed by atoms with E-state index in [0.717, 1.165) is 22.0 Å². The molecule has 6 heteroatoms. The van der Waals surface area contributed by atoms with Crippen LogP contribution in [0.3, 0.4) is 0 Å². The van der Waals surface area contributed by atoms with Crippen molar-refractivity contribution < 1.29 is 14.4 Å². The SMILES string of the molecule is O=C(/C=C/c1ccc2nn(Cc3ccc(F)cc3)cc2c1)NO. The molecule has 0 radical (unpaired) electrons. The molecule has 0 aliphatic carbocycles. The molecule has 0 aliphatic rings. The fraction of sp³-hybridized carbons (Fsp3) is 0.0588. The zero-order chi connectivity index (χ0) is 16.2. The second kappa shape index (κ2) is 6.41. The molecule has 1 aromatic heterocycles. The van der Waals surface area contributed by atoms with E-state index in [1.165, 1.54) is 23.7 Å². The van der Waals surface area contributed by atoms with E-state index in [-0.39, 0.29) is 5.82 Å². The average Bonchev–Trinajstić information content (AvgIpc) is 2.96. The highest BCUT2D eigenvalue weighted by Gasteiger charge is 2.03. The molecule has 1 amide bonds. The Morgan fingerprint density at radius 2 is 2.04 bits per heavy atom. The molecule has 0 saturated carbocycles. The Morgan fingerprint density at radius 1 is 1.26 bits per heavy atom. The Hall–Kier alpha value is -2.99. The molecule has 5 nitrogen and oxygen atoms in total. The largest absolute Gasteiger partial charge is 0.288 e. The number of fused-ring (bicyclic) bond motifs is 1. The van der Waals surface area contributed by atoms with E-state index in [4.69, 9.17) is 5.21 Å².